The Balaban J connectivity index is 1.47. The summed E-state index contributed by atoms with van der Waals surface area (Å²) in [5.74, 6) is 0.934. The lowest BCUT2D eigenvalue weighted by Gasteiger charge is -2.39. The van der Waals surface area contributed by atoms with Crippen LogP contribution in [0.15, 0.2) is 66.7 Å². The highest BCUT2D eigenvalue weighted by Gasteiger charge is 2.26. The van der Waals surface area contributed by atoms with Crippen molar-refractivity contribution in [2.75, 3.05) is 33.4 Å². The van der Waals surface area contributed by atoms with E-state index in [9.17, 15) is 4.39 Å². The standard InChI is InChI=1S/C31H33F2NO/c1-35-26-14-15-28(30(33)19-26)29-9-4-7-24-6-2-3-8-27(24)31(29)25-12-10-22(11-13-25)18-23-20-34(21-23)17-5-16-32/h2-3,6,8,10-15,19,23H,4-5,7,9,16-18,20-21H2,1H3. The molecule has 0 aromatic heterocycles. The average molecular weight is 474 g/mol. The molecular weight excluding hydrogens is 440 g/mol. The molecule has 1 heterocycles. The number of hydrogen-bond acceptors (Lipinski definition) is 2. The van der Waals surface area contributed by atoms with Crippen LogP contribution in [0.25, 0.3) is 11.1 Å². The number of methoxy groups -OCH3 is 1. The molecule has 0 unspecified atom stereocenters. The Morgan fingerprint density at radius 1 is 0.943 bits per heavy atom. The second kappa shape index (κ2) is 10.7. The Labute approximate surface area is 207 Å². The number of benzene rings is 3. The molecule has 0 atom stereocenters. The third-order valence-electron chi connectivity index (χ3n) is 7.37. The summed E-state index contributed by atoms with van der Waals surface area (Å²) in [6, 6.07) is 22.6. The normalized spacial score (nSPS) is 16.5. The van der Waals surface area contributed by atoms with Gasteiger partial charge in [0.15, 0.2) is 0 Å². The van der Waals surface area contributed by atoms with Crippen LogP contribution in [0.5, 0.6) is 5.75 Å². The SMILES string of the molecule is COc1ccc(C2=C(c3ccc(CC4CN(CCCF)C4)cc3)c3ccccc3CCC2)c(F)c1. The quantitative estimate of drug-likeness (QED) is 0.351. The van der Waals surface area contributed by atoms with Crippen LogP contribution in [0, 0.1) is 11.7 Å². The van der Waals surface area contributed by atoms with Gasteiger partial charge < -0.3 is 9.64 Å². The predicted molar refractivity (Wildman–Crippen MR) is 139 cm³/mol. The number of nitrogens with zero attached hydrogens (tertiary/aromatic N) is 1. The van der Waals surface area contributed by atoms with Gasteiger partial charge in [-0.05, 0) is 83.6 Å². The fraction of sp³-hybridized carbons (Fsp3) is 0.355. The average Bonchev–Trinajstić information content (AvgIpc) is 3.05. The molecule has 0 N–H and O–H groups in total. The van der Waals surface area contributed by atoms with Crippen LogP contribution in [0.2, 0.25) is 0 Å². The number of fused-ring (bicyclic) bond motifs is 1. The molecule has 35 heavy (non-hydrogen) atoms. The molecule has 182 valence electrons. The van der Waals surface area contributed by atoms with Crippen molar-refractivity contribution in [3.05, 3.63) is 100 Å². The molecule has 1 aliphatic carbocycles. The van der Waals surface area contributed by atoms with Gasteiger partial charge >= 0.3 is 0 Å². The monoisotopic (exact) mass is 473 g/mol. The lowest BCUT2D eigenvalue weighted by atomic mass is 9.86. The van der Waals surface area contributed by atoms with E-state index in [1.807, 2.05) is 12.1 Å². The number of aryl methyl sites for hydroxylation is 1. The molecule has 2 aliphatic rings. The summed E-state index contributed by atoms with van der Waals surface area (Å²) in [6.07, 6.45) is 4.47. The van der Waals surface area contributed by atoms with Crippen LogP contribution in [0.1, 0.15) is 47.1 Å². The number of likely N-dealkylation sites (tertiary alicyclic amines) is 1. The fourth-order valence-electron chi connectivity index (χ4n) is 5.60. The highest BCUT2D eigenvalue weighted by molar-refractivity contribution is 6.00. The van der Waals surface area contributed by atoms with Crippen LogP contribution >= 0.6 is 0 Å². The molecule has 3 aromatic rings. The van der Waals surface area contributed by atoms with Crippen molar-refractivity contribution in [1.82, 2.24) is 4.90 Å². The number of alkyl halides is 1. The summed E-state index contributed by atoms with van der Waals surface area (Å²) in [6.45, 7) is 2.75. The summed E-state index contributed by atoms with van der Waals surface area (Å²) in [7, 11) is 1.56. The maximum Gasteiger partial charge on any atom is 0.134 e. The Hall–Kier alpha value is -2.98. The second-order valence-corrected chi connectivity index (χ2v) is 9.78. The third-order valence-corrected chi connectivity index (χ3v) is 7.37. The minimum Gasteiger partial charge on any atom is -0.497 e. The van der Waals surface area contributed by atoms with Crippen molar-refractivity contribution in [3.63, 3.8) is 0 Å². The van der Waals surface area contributed by atoms with Gasteiger partial charge in [-0.15, -0.1) is 0 Å². The van der Waals surface area contributed by atoms with E-state index in [0.717, 1.165) is 62.0 Å². The summed E-state index contributed by atoms with van der Waals surface area (Å²) in [5, 5.41) is 0. The molecular formula is C31H33F2NO. The molecule has 0 saturated carbocycles. The largest absolute Gasteiger partial charge is 0.497 e. The van der Waals surface area contributed by atoms with E-state index < -0.39 is 0 Å². The van der Waals surface area contributed by atoms with Gasteiger partial charge in [0, 0.05) is 31.3 Å². The van der Waals surface area contributed by atoms with E-state index in [1.54, 1.807) is 7.11 Å². The topological polar surface area (TPSA) is 12.5 Å². The van der Waals surface area contributed by atoms with E-state index in [-0.39, 0.29) is 12.5 Å². The highest BCUT2D eigenvalue weighted by atomic mass is 19.1. The first-order chi connectivity index (χ1) is 17.2. The number of halogens is 2. The highest BCUT2D eigenvalue weighted by Crippen LogP contribution is 2.41. The van der Waals surface area contributed by atoms with E-state index in [4.69, 9.17) is 4.74 Å². The molecule has 1 fully saturated rings. The van der Waals surface area contributed by atoms with Gasteiger partial charge in [0.2, 0.25) is 0 Å². The lowest BCUT2D eigenvalue weighted by Crippen LogP contribution is -2.47. The molecule has 2 nitrogen and oxygen atoms in total. The maximum absolute atomic E-state index is 15.2. The Morgan fingerprint density at radius 3 is 2.49 bits per heavy atom. The molecule has 0 spiro atoms. The van der Waals surface area contributed by atoms with Crippen LogP contribution in [0.3, 0.4) is 0 Å². The second-order valence-electron chi connectivity index (χ2n) is 9.78. The van der Waals surface area contributed by atoms with E-state index >= 15 is 4.39 Å². The van der Waals surface area contributed by atoms with Gasteiger partial charge in [-0.2, -0.15) is 0 Å². The molecule has 0 amide bonds. The van der Waals surface area contributed by atoms with Gasteiger partial charge in [-0.1, -0.05) is 48.5 Å². The zero-order chi connectivity index (χ0) is 24.2. The Kier molecular flexibility index (Phi) is 7.29. The van der Waals surface area contributed by atoms with Crippen LogP contribution < -0.4 is 4.74 Å². The lowest BCUT2D eigenvalue weighted by molar-refractivity contribution is 0.0968. The van der Waals surface area contributed by atoms with Gasteiger partial charge in [0.25, 0.3) is 0 Å². The molecule has 0 bridgehead atoms. The Bertz CT molecular complexity index is 1190. The van der Waals surface area contributed by atoms with Crippen molar-refractivity contribution in [2.45, 2.75) is 32.1 Å². The molecule has 1 saturated heterocycles. The maximum atomic E-state index is 15.2. The van der Waals surface area contributed by atoms with Crippen molar-refractivity contribution < 1.29 is 13.5 Å². The predicted octanol–water partition coefficient (Wildman–Crippen LogP) is 6.96. The first-order valence-corrected chi connectivity index (χ1v) is 12.7. The first-order valence-electron chi connectivity index (χ1n) is 12.7. The fourth-order valence-corrected chi connectivity index (χ4v) is 5.60. The number of allylic oxidation sites excluding steroid dienone is 1. The smallest absolute Gasteiger partial charge is 0.134 e. The number of hydrogen-bond donors (Lipinski definition) is 0. The molecule has 4 heteroatoms. The van der Waals surface area contributed by atoms with Gasteiger partial charge in [-0.3, -0.25) is 4.39 Å². The summed E-state index contributed by atoms with van der Waals surface area (Å²) >= 11 is 0. The van der Waals surface area contributed by atoms with Crippen molar-refractivity contribution in [1.29, 1.82) is 0 Å². The minimum absolute atomic E-state index is 0.232. The van der Waals surface area contributed by atoms with E-state index in [1.165, 1.54) is 22.8 Å². The van der Waals surface area contributed by atoms with Crippen LogP contribution in [-0.4, -0.2) is 38.3 Å². The molecule has 0 radical (unpaired) electrons. The van der Waals surface area contributed by atoms with Crippen molar-refractivity contribution in [2.24, 2.45) is 5.92 Å². The van der Waals surface area contributed by atoms with E-state index in [2.05, 4.69) is 53.4 Å². The number of rotatable bonds is 8. The zero-order valence-electron chi connectivity index (χ0n) is 20.4. The summed E-state index contributed by atoms with van der Waals surface area (Å²) in [5.41, 5.74) is 7.82. The van der Waals surface area contributed by atoms with Gasteiger partial charge in [0.1, 0.15) is 11.6 Å². The van der Waals surface area contributed by atoms with Crippen LogP contribution in [-0.2, 0) is 12.8 Å². The number of ether oxygens (including phenoxy) is 1. The summed E-state index contributed by atoms with van der Waals surface area (Å²) < 4.78 is 32.9. The van der Waals surface area contributed by atoms with Crippen molar-refractivity contribution in [3.8, 4) is 5.75 Å². The van der Waals surface area contributed by atoms with Crippen LogP contribution in [0.4, 0.5) is 8.78 Å². The first kappa shape index (κ1) is 23.7. The minimum atomic E-state index is -0.241. The summed E-state index contributed by atoms with van der Waals surface area (Å²) in [4.78, 5) is 2.33. The van der Waals surface area contributed by atoms with E-state index in [0.29, 0.717) is 23.7 Å². The van der Waals surface area contributed by atoms with Gasteiger partial charge in [-0.25, -0.2) is 4.39 Å². The van der Waals surface area contributed by atoms with Gasteiger partial charge in [0.05, 0.1) is 13.8 Å². The molecule has 3 aromatic carbocycles. The third kappa shape index (κ3) is 5.18. The van der Waals surface area contributed by atoms with Crippen molar-refractivity contribution >= 4 is 11.1 Å². The zero-order valence-corrected chi connectivity index (χ0v) is 20.4. The molecule has 5 rings (SSSR count). The molecule has 1 aliphatic heterocycles. The Morgan fingerprint density at radius 2 is 1.74 bits per heavy atom.